The van der Waals surface area contributed by atoms with Crippen molar-refractivity contribution in [2.24, 2.45) is 4.99 Å². The second-order valence-corrected chi connectivity index (χ2v) is 4.11. The quantitative estimate of drug-likeness (QED) is 0.480. The molecule has 2 rings (SSSR count). The average molecular weight is 286 g/mol. The third-order valence-electron chi connectivity index (χ3n) is 2.86. The number of hydrogen-bond donors (Lipinski definition) is 0. The van der Waals surface area contributed by atoms with Crippen LogP contribution >= 0.6 is 0 Å². The molecule has 2 aromatic carbocycles. The van der Waals surface area contributed by atoms with E-state index in [1.165, 1.54) is 19.4 Å². The standard InChI is InChI=1S/C15H14N2O4/c1-20-12-7-8-15(21-2)13(9-12)16-10-11-5-3-4-6-14(11)17(18)19/h3-10H,1-2H3. The first-order valence-corrected chi connectivity index (χ1v) is 6.15. The van der Waals surface area contributed by atoms with Crippen molar-refractivity contribution in [1.29, 1.82) is 0 Å². The molecular formula is C15H14N2O4. The number of nitro benzene ring substituents is 1. The first-order chi connectivity index (χ1) is 10.2. The van der Waals surface area contributed by atoms with Gasteiger partial charge in [-0.15, -0.1) is 0 Å². The molecule has 21 heavy (non-hydrogen) atoms. The maximum atomic E-state index is 11.0. The number of nitrogens with zero attached hydrogens (tertiary/aromatic N) is 2. The molecule has 0 aliphatic rings. The Morgan fingerprint density at radius 2 is 1.90 bits per heavy atom. The monoisotopic (exact) mass is 286 g/mol. The lowest BCUT2D eigenvalue weighted by atomic mass is 10.2. The Morgan fingerprint density at radius 1 is 1.14 bits per heavy atom. The smallest absolute Gasteiger partial charge is 0.278 e. The summed E-state index contributed by atoms with van der Waals surface area (Å²) < 4.78 is 10.3. The number of rotatable bonds is 5. The fourth-order valence-corrected chi connectivity index (χ4v) is 1.80. The van der Waals surface area contributed by atoms with Crippen molar-refractivity contribution in [3.8, 4) is 11.5 Å². The molecule has 6 heteroatoms. The van der Waals surface area contributed by atoms with E-state index in [0.29, 0.717) is 22.7 Å². The molecule has 2 aromatic rings. The molecule has 0 aromatic heterocycles. The Kier molecular flexibility index (Phi) is 4.50. The summed E-state index contributed by atoms with van der Waals surface area (Å²) in [4.78, 5) is 14.8. The van der Waals surface area contributed by atoms with Crippen LogP contribution in [0.25, 0.3) is 0 Å². The predicted molar refractivity (Wildman–Crippen MR) is 79.9 cm³/mol. The van der Waals surface area contributed by atoms with Crippen LogP contribution in [0.5, 0.6) is 11.5 Å². The van der Waals surface area contributed by atoms with Gasteiger partial charge in [-0.3, -0.25) is 15.1 Å². The van der Waals surface area contributed by atoms with Gasteiger partial charge < -0.3 is 9.47 Å². The lowest BCUT2D eigenvalue weighted by Gasteiger charge is -2.06. The van der Waals surface area contributed by atoms with E-state index in [1.54, 1.807) is 43.5 Å². The highest BCUT2D eigenvalue weighted by molar-refractivity contribution is 5.87. The van der Waals surface area contributed by atoms with E-state index < -0.39 is 4.92 Å². The van der Waals surface area contributed by atoms with Gasteiger partial charge in [-0.2, -0.15) is 0 Å². The number of hydrogen-bond acceptors (Lipinski definition) is 5. The molecule has 6 nitrogen and oxygen atoms in total. The maximum absolute atomic E-state index is 11.0. The molecule has 0 atom stereocenters. The number of benzene rings is 2. The van der Waals surface area contributed by atoms with E-state index in [1.807, 2.05) is 0 Å². The first kappa shape index (κ1) is 14.5. The number of methoxy groups -OCH3 is 2. The molecule has 108 valence electrons. The number of para-hydroxylation sites is 1. The maximum Gasteiger partial charge on any atom is 0.278 e. The van der Waals surface area contributed by atoms with Crippen LogP contribution in [0.3, 0.4) is 0 Å². The van der Waals surface area contributed by atoms with Crippen LogP contribution in [-0.2, 0) is 0 Å². The summed E-state index contributed by atoms with van der Waals surface area (Å²) >= 11 is 0. The van der Waals surface area contributed by atoms with Crippen LogP contribution in [-0.4, -0.2) is 25.4 Å². The van der Waals surface area contributed by atoms with E-state index >= 15 is 0 Å². The molecule has 0 fully saturated rings. The Balaban J connectivity index is 2.39. The third-order valence-corrected chi connectivity index (χ3v) is 2.86. The van der Waals surface area contributed by atoms with Crippen molar-refractivity contribution < 1.29 is 14.4 Å². The van der Waals surface area contributed by atoms with Gasteiger partial charge in [-0.1, -0.05) is 12.1 Å². The van der Waals surface area contributed by atoms with E-state index in [0.717, 1.165) is 0 Å². The van der Waals surface area contributed by atoms with E-state index in [9.17, 15) is 10.1 Å². The molecule has 0 spiro atoms. The molecule has 0 saturated carbocycles. The second kappa shape index (κ2) is 6.51. The molecule has 0 bridgehead atoms. The summed E-state index contributed by atoms with van der Waals surface area (Å²) in [6.45, 7) is 0. The van der Waals surface area contributed by atoms with Crippen molar-refractivity contribution >= 4 is 17.6 Å². The molecule has 0 radical (unpaired) electrons. The molecule has 0 aliphatic heterocycles. The molecule has 0 aliphatic carbocycles. The van der Waals surface area contributed by atoms with Gasteiger partial charge >= 0.3 is 0 Å². The van der Waals surface area contributed by atoms with E-state index in [4.69, 9.17) is 9.47 Å². The topological polar surface area (TPSA) is 74.0 Å². The van der Waals surface area contributed by atoms with E-state index in [-0.39, 0.29) is 5.69 Å². The Bertz CT molecular complexity index is 683. The normalized spacial score (nSPS) is 10.6. The van der Waals surface area contributed by atoms with Crippen molar-refractivity contribution in [1.82, 2.24) is 0 Å². The molecular weight excluding hydrogens is 272 g/mol. The van der Waals surface area contributed by atoms with E-state index in [2.05, 4.69) is 4.99 Å². The van der Waals surface area contributed by atoms with Crippen LogP contribution in [0, 0.1) is 10.1 Å². The van der Waals surface area contributed by atoms with Crippen molar-refractivity contribution in [2.45, 2.75) is 0 Å². The fraction of sp³-hybridized carbons (Fsp3) is 0.133. The highest BCUT2D eigenvalue weighted by atomic mass is 16.6. The molecule has 0 amide bonds. The minimum atomic E-state index is -0.440. The third kappa shape index (κ3) is 3.36. The van der Waals surface area contributed by atoms with Gasteiger partial charge in [0.05, 0.1) is 24.7 Å². The largest absolute Gasteiger partial charge is 0.497 e. The summed E-state index contributed by atoms with van der Waals surface area (Å²) in [5.41, 5.74) is 0.963. The van der Waals surface area contributed by atoms with Gasteiger partial charge in [0.1, 0.15) is 17.2 Å². The molecule has 0 N–H and O–H groups in total. The minimum absolute atomic E-state index is 0.00288. The molecule has 0 unspecified atom stereocenters. The number of aliphatic imine (C=N–C) groups is 1. The lowest BCUT2D eigenvalue weighted by molar-refractivity contribution is -0.385. The van der Waals surface area contributed by atoms with Crippen LogP contribution in [0.15, 0.2) is 47.5 Å². The van der Waals surface area contributed by atoms with Crippen LogP contribution in [0.4, 0.5) is 11.4 Å². The van der Waals surface area contributed by atoms with Crippen molar-refractivity contribution in [3.63, 3.8) is 0 Å². The van der Waals surface area contributed by atoms with Gasteiger partial charge in [0.15, 0.2) is 0 Å². The molecule has 0 heterocycles. The van der Waals surface area contributed by atoms with Gasteiger partial charge in [0, 0.05) is 18.3 Å². The number of ether oxygens (including phenoxy) is 2. The number of nitro groups is 1. The van der Waals surface area contributed by atoms with Crippen LogP contribution in [0.1, 0.15) is 5.56 Å². The SMILES string of the molecule is COc1ccc(OC)c(N=Cc2ccccc2[N+](=O)[O-])c1. The highest BCUT2D eigenvalue weighted by Crippen LogP contribution is 2.31. The van der Waals surface area contributed by atoms with Gasteiger partial charge in [-0.05, 0) is 18.2 Å². The highest BCUT2D eigenvalue weighted by Gasteiger charge is 2.10. The van der Waals surface area contributed by atoms with Gasteiger partial charge in [-0.25, -0.2) is 0 Å². The predicted octanol–water partition coefficient (Wildman–Crippen LogP) is 3.36. The van der Waals surface area contributed by atoms with Gasteiger partial charge in [0.25, 0.3) is 5.69 Å². The summed E-state index contributed by atoms with van der Waals surface area (Å²) in [5, 5.41) is 11.0. The Labute approximate surface area is 121 Å². The first-order valence-electron chi connectivity index (χ1n) is 6.15. The summed E-state index contributed by atoms with van der Waals surface area (Å²) in [7, 11) is 3.09. The Morgan fingerprint density at radius 3 is 2.57 bits per heavy atom. The van der Waals surface area contributed by atoms with Crippen molar-refractivity contribution in [3.05, 3.63) is 58.1 Å². The summed E-state index contributed by atoms with van der Waals surface area (Å²) in [5.74, 6) is 1.19. The second-order valence-electron chi connectivity index (χ2n) is 4.11. The average Bonchev–Trinajstić information content (AvgIpc) is 2.52. The summed E-state index contributed by atoms with van der Waals surface area (Å²) in [6, 6.07) is 11.6. The van der Waals surface area contributed by atoms with Crippen LogP contribution < -0.4 is 9.47 Å². The summed E-state index contributed by atoms with van der Waals surface area (Å²) in [6.07, 6.45) is 1.44. The fourth-order valence-electron chi connectivity index (χ4n) is 1.80. The Hall–Kier alpha value is -2.89. The zero-order valence-electron chi connectivity index (χ0n) is 11.6. The van der Waals surface area contributed by atoms with Gasteiger partial charge in [0.2, 0.25) is 0 Å². The lowest BCUT2D eigenvalue weighted by Crippen LogP contribution is -1.94. The minimum Gasteiger partial charge on any atom is -0.497 e. The zero-order chi connectivity index (χ0) is 15.2. The van der Waals surface area contributed by atoms with Crippen molar-refractivity contribution in [2.75, 3.05) is 14.2 Å². The van der Waals surface area contributed by atoms with Crippen LogP contribution in [0.2, 0.25) is 0 Å². The molecule has 0 saturated heterocycles. The zero-order valence-corrected chi connectivity index (χ0v) is 11.6.